The Hall–Kier alpha value is -5.79. The van der Waals surface area contributed by atoms with Crippen molar-refractivity contribution in [2.75, 3.05) is 11.5 Å². The molecule has 0 aliphatic carbocycles. The SMILES string of the molecule is C.CC(C)[C@@H]1NC(=O)C(C)(C)NC(=O)c2csc(n2)CNC(=O)C[C@@H](/C=C/CCSC(=O)[C@@H](NC(=O)OC(C)(C)C)C(C)C)OC1=O.CC(C)[C@H](N)C(=O)SCC/C=C/[C@@H]1CC(=O)NCc2nc(cs2)C(=O)NC(C)(C)C(=O)N[C@@H](C(C)C)C(=O)O1.C[CH-]I.O=S(=O)(O)c1ccccc1.[V]. The number of hydrogen-bond donors (Lipinski definition) is 9. The predicted octanol–water partition coefficient (Wildman–Crippen LogP) is 8.56. The molecule has 6 atom stereocenters. The molecule has 1 radical (unpaired) electrons. The van der Waals surface area contributed by atoms with E-state index in [0.29, 0.717) is 34.4 Å². The van der Waals surface area contributed by atoms with Crippen LogP contribution in [0, 0.1) is 28.1 Å². The second-order valence-corrected chi connectivity index (χ2v) is 32.4. The maximum atomic E-state index is 13.3. The molecule has 4 heterocycles. The van der Waals surface area contributed by atoms with E-state index in [-0.39, 0.29) is 108 Å². The molecule has 100 heavy (non-hydrogen) atoms. The van der Waals surface area contributed by atoms with E-state index in [2.05, 4.69) is 69.8 Å². The summed E-state index contributed by atoms with van der Waals surface area (Å²) in [5.74, 6) is -4.47. The van der Waals surface area contributed by atoms with E-state index in [1.54, 1.807) is 96.3 Å². The van der Waals surface area contributed by atoms with Gasteiger partial charge in [0, 0.05) is 40.8 Å². The van der Waals surface area contributed by atoms with E-state index >= 15 is 0 Å². The summed E-state index contributed by atoms with van der Waals surface area (Å²) >= 11 is 6.74. The molecular weight excluding hydrogens is 1540 g/mol. The first-order chi connectivity index (χ1) is 45.5. The number of aromatic nitrogens is 2. The first-order valence-electron chi connectivity index (χ1n) is 31.4. The summed E-state index contributed by atoms with van der Waals surface area (Å²) in [6.07, 6.45) is 4.66. The van der Waals surface area contributed by atoms with Gasteiger partial charge in [0.25, 0.3) is 21.9 Å². The van der Waals surface area contributed by atoms with Gasteiger partial charge in [0.15, 0.2) is 0 Å². The molecule has 27 nitrogen and oxygen atoms in total. The summed E-state index contributed by atoms with van der Waals surface area (Å²) in [5, 5.41) is 22.5. The van der Waals surface area contributed by atoms with Crippen LogP contribution in [0.25, 0.3) is 0 Å². The molecule has 0 fully saturated rings. The summed E-state index contributed by atoms with van der Waals surface area (Å²) in [4.78, 5) is 149. The third-order valence-electron chi connectivity index (χ3n) is 13.5. The molecule has 5 rings (SSSR count). The number of alkyl carbamates (subject to hydrolysis) is 1. The maximum absolute atomic E-state index is 13.3. The zero-order valence-corrected chi connectivity index (χ0v) is 66.3. The fraction of sp³-hybridized carbons (Fsp3) is 0.576. The fourth-order valence-electron chi connectivity index (χ4n) is 7.98. The van der Waals surface area contributed by atoms with Crippen LogP contribution in [0.4, 0.5) is 4.79 Å². The number of thiazole rings is 2. The Balaban J connectivity index is 0.00000164. The number of thioether (sulfide) groups is 2. The molecule has 10 N–H and O–H groups in total. The summed E-state index contributed by atoms with van der Waals surface area (Å²) in [5.41, 5.74) is 2.71. The number of nitrogens with two attached hydrogens (primary N) is 1. The van der Waals surface area contributed by atoms with Gasteiger partial charge in [-0.2, -0.15) is 15.3 Å². The summed E-state index contributed by atoms with van der Waals surface area (Å²) in [6, 6.07) is 4.08. The van der Waals surface area contributed by atoms with Crippen LogP contribution in [0.5, 0.6) is 0 Å². The molecule has 0 unspecified atom stereocenters. The topological polar surface area (TPSA) is 406 Å². The van der Waals surface area contributed by atoms with E-state index in [1.165, 1.54) is 67.9 Å². The molecule has 2 aliphatic heterocycles. The average molecular weight is 1640 g/mol. The second-order valence-electron chi connectivity index (χ2n) is 25.6. The number of cyclic esters (lactones) is 2. The van der Waals surface area contributed by atoms with E-state index in [1.807, 2.05) is 39.0 Å². The summed E-state index contributed by atoms with van der Waals surface area (Å²) in [7, 11) is -4.00. The Morgan fingerprint density at radius 1 is 0.730 bits per heavy atom. The number of halogens is 1. The number of benzene rings is 1. The molecule has 4 bridgehead atoms. The predicted molar refractivity (Wildman–Crippen MR) is 394 cm³/mol. The van der Waals surface area contributed by atoms with Crippen LogP contribution in [0.15, 0.2) is 70.3 Å². The number of carbonyl (C=O) groups is 11. The largest absolute Gasteiger partial charge is 0.456 e. The maximum Gasteiger partial charge on any atom is 0.408 e. The van der Waals surface area contributed by atoms with E-state index in [0.717, 1.165) is 23.5 Å². The molecule has 2 aromatic heterocycles. The van der Waals surface area contributed by atoms with E-state index < -0.39 is 111 Å². The number of carbonyl (C=O) groups excluding carboxylic acids is 11. The molecule has 3 aromatic rings. The zero-order chi connectivity index (χ0) is 74.5. The number of nitrogens with one attached hydrogen (secondary N) is 7. The van der Waals surface area contributed by atoms with Gasteiger partial charge in [-0.1, -0.05) is 117 Å². The van der Waals surface area contributed by atoms with Gasteiger partial charge in [0.05, 0.1) is 36.9 Å². The standard InChI is InChI=1S/C31H47N5O8S2.C26H39N5O6S2.C6H6O3S.C2H4I.CH4.V/c1-17(2)23-26(39)43-19(12-10-11-13-45-27(40)24(18(3)4)35-29(42)44-30(5,6)7)14-21(37)32-15-22-33-20(16-46-22)25(38)36-31(8,9)28(41)34-23;1-14(2)20(27)24(35)38-10-8-7-9-16-11-18(32)28-12-19-29-17(13-39-19)22(33)31-26(5,6)25(36)30-21(15(3)4)23(34)37-16;7-10(8,9)6-4-2-1-3-5-6;1-2-3;;/h10,12,16-19,23-24H,11,13-15H2,1-9H3,(H,32,37)(H,34,41)(H,35,42)(H,36,38);7,9,13-16,20-21H,8,10-12,27H2,1-6H3,(H,28,32)(H,30,36)(H,31,33);1-5H,(H,7,8,9);2H,1H3;1H4;/q;;;-1;;/b12-10+;9-7+;;;;/t19-,23+,24+;16-,20+,21+;;;;/m11..../s1. The molecule has 1 aromatic carbocycles. The van der Waals surface area contributed by atoms with Gasteiger partial charge in [0.2, 0.25) is 33.9 Å². The molecule has 0 saturated heterocycles. The third-order valence-corrected chi connectivity index (χ3v) is 18.1. The van der Waals surface area contributed by atoms with Crippen molar-refractivity contribution >= 4 is 143 Å². The Labute approximate surface area is 630 Å². The fourth-order valence-corrected chi connectivity index (χ4v) is 11.8. The summed E-state index contributed by atoms with van der Waals surface area (Å²) in [6.45, 7) is 27.9. The molecule has 34 heteroatoms. The van der Waals surface area contributed by atoms with Crippen LogP contribution in [0.3, 0.4) is 0 Å². The van der Waals surface area contributed by atoms with Gasteiger partial charge >= 0.3 is 18.0 Å². The number of rotatable bonds is 16. The van der Waals surface area contributed by atoms with Crippen molar-refractivity contribution in [3.8, 4) is 0 Å². The minimum Gasteiger partial charge on any atom is -0.456 e. The molecule has 0 saturated carbocycles. The van der Waals surface area contributed by atoms with E-state index in [9.17, 15) is 61.2 Å². The average Bonchev–Trinajstić information content (AvgIpc) is 1.33. The molecule has 559 valence electrons. The quantitative estimate of drug-likeness (QED) is 0.0123. The Kier molecular flexibility index (Phi) is 42.7. The van der Waals surface area contributed by atoms with Gasteiger partial charge in [0.1, 0.15) is 68.4 Å². The second kappa shape index (κ2) is 45.3. The van der Waals surface area contributed by atoms with Gasteiger partial charge in [-0.15, -0.1) is 22.7 Å². The van der Waals surface area contributed by atoms with Crippen LogP contribution in [0.1, 0.15) is 175 Å². The van der Waals surface area contributed by atoms with Crippen LogP contribution in [-0.2, 0) is 94.3 Å². The molecular formula is C66H100IN10O17S5V-. The van der Waals surface area contributed by atoms with Crippen LogP contribution >= 0.6 is 68.8 Å². The van der Waals surface area contributed by atoms with Crippen molar-refractivity contribution in [2.45, 2.75) is 215 Å². The van der Waals surface area contributed by atoms with Crippen molar-refractivity contribution in [1.29, 1.82) is 0 Å². The van der Waals surface area contributed by atoms with Gasteiger partial charge in [-0.05, 0) is 109 Å². The van der Waals surface area contributed by atoms with Crippen molar-refractivity contribution in [2.24, 2.45) is 29.4 Å². The van der Waals surface area contributed by atoms with Crippen LogP contribution in [0.2, 0.25) is 0 Å². The number of esters is 2. The Morgan fingerprint density at radius 2 is 1.12 bits per heavy atom. The number of allylic oxidation sites excluding steroid dienone is 2. The Morgan fingerprint density at radius 3 is 1.46 bits per heavy atom. The number of ether oxygens (including phenoxy) is 3. The van der Waals surface area contributed by atoms with Gasteiger partial charge < -0.3 is 79.8 Å². The van der Waals surface area contributed by atoms with Crippen LogP contribution < -0.4 is 43.0 Å². The first-order valence-corrected chi connectivity index (χ1v) is 37.9. The van der Waals surface area contributed by atoms with Crippen molar-refractivity contribution in [1.82, 2.24) is 47.2 Å². The Bertz CT molecular complexity index is 3360. The van der Waals surface area contributed by atoms with Crippen molar-refractivity contribution in [3.05, 3.63) is 91.2 Å². The zero-order valence-electron chi connectivity index (χ0n) is 58.7. The number of nitrogens with zero attached hydrogens (tertiary/aromatic N) is 2. The number of fused-ring (bicyclic) bond motifs is 4. The monoisotopic (exact) mass is 1640 g/mol. The molecule has 7 amide bonds. The molecule has 2 aliphatic rings. The minimum atomic E-state index is -4.00. The van der Waals surface area contributed by atoms with Crippen molar-refractivity contribution < 1.29 is 98.5 Å². The number of hydrogen-bond acceptors (Lipinski definition) is 23. The summed E-state index contributed by atoms with van der Waals surface area (Å²) < 4.78 is 47.9. The van der Waals surface area contributed by atoms with Gasteiger partial charge in [-0.25, -0.2) is 24.4 Å². The first kappa shape index (κ1) is 94.2. The van der Waals surface area contributed by atoms with Crippen LogP contribution in [-0.4, -0.2) is 151 Å². The molecule has 0 spiro atoms. The normalized spacial score (nSPS) is 19.3. The number of amides is 7. The smallest absolute Gasteiger partial charge is 0.408 e. The minimum absolute atomic E-state index is 0. The van der Waals surface area contributed by atoms with Crippen molar-refractivity contribution in [3.63, 3.8) is 0 Å². The van der Waals surface area contributed by atoms with E-state index in [4.69, 9.17) is 24.5 Å². The third kappa shape index (κ3) is 35.4. The van der Waals surface area contributed by atoms with Gasteiger partial charge in [-0.3, -0.25) is 47.3 Å².